The van der Waals surface area contributed by atoms with E-state index < -0.39 is 0 Å². The first-order valence-electron chi connectivity index (χ1n) is 7.61. The number of likely N-dealkylation sites (tertiary alicyclic amines) is 1. The summed E-state index contributed by atoms with van der Waals surface area (Å²) in [4.78, 5) is 5.01. The number of likely N-dealkylation sites (N-methyl/N-ethyl adjacent to an activating group) is 1. The maximum Gasteiger partial charge on any atom is 0.0270 e. The summed E-state index contributed by atoms with van der Waals surface area (Å²) in [6.45, 7) is 8.48. The van der Waals surface area contributed by atoms with E-state index >= 15 is 0 Å². The molecule has 5 atom stereocenters. The molecule has 3 nitrogen and oxygen atoms in total. The smallest absolute Gasteiger partial charge is 0.0270 e. The van der Waals surface area contributed by atoms with Crippen LogP contribution in [0, 0.1) is 17.8 Å². The largest absolute Gasteiger partial charge is 0.326 e. The Morgan fingerprint density at radius 1 is 1.28 bits per heavy atom. The number of nitrogens with two attached hydrogens (primary N) is 1. The Morgan fingerprint density at radius 2 is 2.00 bits per heavy atom. The van der Waals surface area contributed by atoms with E-state index in [2.05, 4.69) is 37.7 Å². The maximum atomic E-state index is 6.41. The Bertz CT molecular complexity index is 256. The van der Waals surface area contributed by atoms with Gasteiger partial charge in [0.25, 0.3) is 0 Å². The van der Waals surface area contributed by atoms with Crippen molar-refractivity contribution in [2.75, 3.05) is 33.7 Å². The zero-order valence-electron chi connectivity index (χ0n) is 12.6. The van der Waals surface area contributed by atoms with Crippen LogP contribution in [0.1, 0.15) is 33.1 Å². The fourth-order valence-electron chi connectivity index (χ4n) is 4.36. The molecular formula is C15H31N3. The average molecular weight is 253 g/mol. The Hall–Kier alpha value is -0.120. The van der Waals surface area contributed by atoms with Crippen molar-refractivity contribution in [3.05, 3.63) is 0 Å². The van der Waals surface area contributed by atoms with Crippen molar-refractivity contribution in [2.45, 2.75) is 45.2 Å². The fraction of sp³-hybridized carbons (Fsp3) is 1.00. The summed E-state index contributed by atoms with van der Waals surface area (Å²) in [5, 5.41) is 0. The van der Waals surface area contributed by atoms with Crippen molar-refractivity contribution in [2.24, 2.45) is 23.5 Å². The first-order chi connectivity index (χ1) is 8.47. The average Bonchev–Trinajstić information content (AvgIpc) is 2.62. The van der Waals surface area contributed by atoms with E-state index in [0.717, 1.165) is 17.8 Å². The van der Waals surface area contributed by atoms with E-state index in [1.165, 1.54) is 38.9 Å². The third kappa shape index (κ3) is 3.25. The standard InChI is InChI=1S/C15H31N3/c1-11-7-12(2)15(14(16)8-11)18(4)10-13-5-6-17(3)9-13/h11-15H,5-10,16H2,1-4H3. The van der Waals surface area contributed by atoms with E-state index in [1.807, 2.05) is 0 Å². The topological polar surface area (TPSA) is 32.5 Å². The molecule has 5 unspecified atom stereocenters. The van der Waals surface area contributed by atoms with E-state index in [1.54, 1.807) is 0 Å². The predicted octanol–water partition coefficient (Wildman–Crippen LogP) is 1.63. The Kier molecular flexibility index (Phi) is 4.68. The summed E-state index contributed by atoms with van der Waals surface area (Å²) >= 11 is 0. The molecule has 0 spiro atoms. The number of rotatable bonds is 3. The number of hydrogen-bond acceptors (Lipinski definition) is 3. The monoisotopic (exact) mass is 253 g/mol. The van der Waals surface area contributed by atoms with Gasteiger partial charge in [-0.1, -0.05) is 13.8 Å². The lowest BCUT2D eigenvalue weighted by molar-refractivity contribution is 0.0847. The summed E-state index contributed by atoms with van der Waals surface area (Å²) in [5.41, 5.74) is 6.41. The van der Waals surface area contributed by atoms with Crippen molar-refractivity contribution in [1.82, 2.24) is 9.80 Å². The molecule has 2 rings (SSSR count). The molecule has 0 aromatic rings. The third-order valence-corrected chi connectivity index (χ3v) is 5.01. The molecule has 2 fully saturated rings. The third-order valence-electron chi connectivity index (χ3n) is 5.01. The molecule has 0 amide bonds. The molecule has 1 aliphatic heterocycles. The lowest BCUT2D eigenvalue weighted by Crippen LogP contribution is -2.54. The van der Waals surface area contributed by atoms with Crippen molar-refractivity contribution in [1.29, 1.82) is 0 Å². The van der Waals surface area contributed by atoms with E-state index in [9.17, 15) is 0 Å². The van der Waals surface area contributed by atoms with Gasteiger partial charge in [0, 0.05) is 25.2 Å². The highest BCUT2D eigenvalue weighted by molar-refractivity contribution is 4.92. The van der Waals surface area contributed by atoms with Gasteiger partial charge in [0.2, 0.25) is 0 Å². The molecule has 1 saturated heterocycles. The zero-order chi connectivity index (χ0) is 13.3. The van der Waals surface area contributed by atoms with Crippen LogP contribution in [0.25, 0.3) is 0 Å². The summed E-state index contributed by atoms with van der Waals surface area (Å²) < 4.78 is 0. The normalized spacial score (nSPS) is 42.7. The van der Waals surface area contributed by atoms with Crippen molar-refractivity contribution < 1.29 is 0 Å². The summed E-state index contributed by atoms with van der Waals surface area (Å²) in [6.07, 6.45) is 3.89. The van der Waals surface area contributed by atoms with Gasteiger partial charge in [-0.3, -0.25) is 0 Å². The van der Waals surface area contributed by atoms with Gasteiger partial charge in [-0.05, 0) is 57.7 Å². The van der Waals surface area contributed by atoms with E-state index in [-0.39, 0.29) is 0 Å². The maximum absolute atomic E-state index is 6.41. The number of nitrogens with zero attached hydrogens (tertiary/aromatic N) is 2. The Labute approximate surface area is 113 Å². The van der Waals surface area contributed by atoms with Crippen LogP contribution in [-0.2, 0) is 0 Å². The van der Waals surface area contributed by atoms with Gasteiger partial charge in [0.15, 0.2) is 0 Å². The van der Waals surface area contributed by atoms with Gasteiger partial charge >= 0.3 is 0 Å². The summed E-state index contributed by atoms with van der Waals surface area (Å²) in [6, 6.07) is 0.958. The molecule has 0 radical (unpaired) electrons. The summed E-state index contributed by atoms with van der Waals surface area (Å²) in [5.74, 6) is 2.39. The van der Waals surface area contributed by atoms with Gasteiger partial charge in [0.1, 0.15) is 0 Å². The van der Waals surface area contributed by atoms with Crippen LogP contribution in [0.4, 0.5) is 0 Å². The minimum absolute atomic E-state index is 0.368. The summed E-state index contributed by atoms with van der Waals surface area (Å²) in [7, 11) is 4.52. The molecule has 18 heavy (non-hydrogen) atoms. The highest BCUT2D eigenvalue weighted by Crippen LogP contribution is 2.31. The van der Waals surface area contributed by atoms with Crippen LogP contribution in [0.5, 0.6) is 0 Å². The van der Waals surface area contributed by atoms with Crippen LogP contribution in [0.15, 0.2) is 0 Å². The second-order valence-corrected chi connectivity index (χ2v) is 7.06. The highest BCUT2D eigenvalue weighted by Gasteiger charge is 2.35. The van der Waals surface area contributed by atoms with Gasteiger partial charge in [-0.2, -0.15) is 0 Å². The van der Waals surface area contributed by atoms with Gasteiger partial charge in [0.05, 0.1) is 0 Å². The first-order valence-corrected chi connectivity index (χ1v) is 7.61. The molecule has 1 heterocycles. The molecule has 1 aliphatic carbocycles. The van der Waals surface area contributed by atoms with Gasteiger partial charge in [-0.15, -0.1) is 0 Å². The molecule has 2 N–H and O–H groups in total. The van der Waals surface area contributed by atoms with Crippen molar-refractivity contribution >= 4 is 0 Å². The molecule has 0 aromatic heterocycles. The molecule has 2 aliphatic rings. The van der Waals surface area contributed by atoms with E-state index in [4.69, 9.17) is 5.73 Å². The second kappa shape index (κ2) is 5.89. The molecule has 0 aromatic carbocycles. The predicted molar refractivity (Wildman–Crippen MR) is 77.6 cm³/mol. The van der Waals surface area contributed by atoms with E-state index in [0.29, 0.717) is 12.1 Å². The van der Waals surface area contributed by atoms with Crippen LogP contribution < -0.4 is 5.73 Å². The number of hydrogen-bond donors (Lipinski definition) is 1. The fourth-order valence-corrected chi connectivity index (χ4v) is 4.36. The minimum atomic E-state index is 0.368. The van der Waals surface area contributed by atoms with Crippen LogP contribution in [0.3, 0.4) is 0 Å². The Morgan fingerprint density at radius 3 is 2.56 bits per heavy atom. The molecule has 1 saturated carbocycles. The van der Waals surface area contributed by atoms with Crippen LogP contribution in [0.2, 0.25) is 0 Å². The molecule has 106 valence electrons. The minimum Gasteiger partial charge on any atom is -0.326 e. The van der Waals surface area contributed by atoms with Crippen molar-refractivity contribution in [3.63, 3.8) is 0 Å². The lowest BCUT2D eigenvalue weighted by Gasteiger charge is -2.43. The Balaban J connectivity index is 1.89. The van der Waals surface area contributed by atoms with Crippen LogP contribution in [-0.4, -0.2) is 55.6 Å². The quantitative estimate of drug-likeness (QED) is 0.830. The highest BCUT2D eigenvalue weighted by atomic mass is 15.2. The first kappa shape index (κ1) is 14.3. The molecular weight excluding hydrogens is 222 g/mol. The van der Waals surface area contributed by atoms with Crippen LogP contribution >= 0.6 is 0 Å². The van der Waals surface area contributed by atoms with Gasteiger partial charge < -0.3 is 15.5 Å². The second-order valence-electron chi connectivity index (χ2n) is 7.06. The van der Waals surface area contributed by atoms with Gasteiger partial charge in [-0.25, -0.2) is 0 Å². The molecule has 3 heteroatoms. The SMILES string of the molecule is CC1CC(C)C(N(C)CC2CCN(C)C2)C(N)C1. The lowest BCUT2D eigenvalue weighted by atomic mass is 9.76. The van der Waals surface area contributed by atoms with Crippen molar-refractivity contribution in [3.8, 4) is 0 Å². The zero-order valence-corrected chi connectivity index (χ0v) is 12.6. The molecule has 0 bridgehead atoms.